The fraction of sp³-hybridized carbons (Fsp3) is 0.444. The molecule has 0 atom stereocenters. The number of furan rings is 1. The molecule has 0 spiro atoms. The van der Waals surface area contributed by atoms with E-state index >= 15 is 0 Å². The number of fused-ring (bicyclic) bond motifs is 1. The van der Waals surface area contributed by atoms with E-state index in [-0.39, 0.29) is 43.1 Å². The highest BCUT2D eigenvalue weighted by Crippen LogP contribution is 2.46. The Labute approximate surface area is 222 Å². The molecule has 0 aliphatic heterocycles. The predicted octanol–water partition coefficient (Wildman–Crippen LogP) is 3.93. The molecule has 4 rings (SSSR count). The monoisotopic (exact) mass is 543 g/mol. The normalized spacial score (nSPS) is 14.0. The lowest BCUT2D eigenvalue weighted by molar-refractivity contribution is -0.150. The Morgan fingerprint density at radius 3 is 2.45 bits per heavy atom. The number of carboxylic acid groups (broad SMARTS) is 1. The van der Waals surface area contributed by atoms with Crippen molar-refractivity contribution in [1.29, 1.82) is 0 Å². The molecule has 2 heterocycles. The van der Waals surface area contributed by atoms with Crippen molar-refractivity contribution < 1.29 is 32.3 Å². The van der Waals surface area contributed by atoms with Gasteiger partial charge in [-0.05, 0) is 51.2 Å². The molecule has 1 aliphatic carbocycles. The fourth-order valence-electron chi connectivity index (χ4n) is 4.15. The minimum absolute atomic E-state index is 0.0239. The number of carbonyl (C=O) groups excluding carboxylic acids is 1. The van der Waals surface area contributed by atoms with Gasteiger partial charge in [0.05, 0.1) is 42.4 Å². The van der Waals surface area contributed by atoms with Gasteiger partial charge < -0.3 is 19.6 Å². The van der Waals surface area contributed by atoms with E-state index in [9.17, 15) is 23.1 Å². The number of nitrogens with zero attached hydrogens (tertiary/aromatic N) is 2. The Bertz CT molecular complexity index is 1470. The molecule has 11 heteroatoms. The average molecular weight is 544 g/mol. The van der Waals surface area contributed by atoms with Gasteiger partial charge >= 0.3 is 5.97 Å². The second-order valence-electron chi connectivity index (χ2n) is 10.4. The Kier molecular flexibility index (Phi) is 7.53. The van der Waals surface area contributed by atoms with Crippen molar-refractivity contribution >= 4 is 38.8 Å². The quantitative estimate of drug-likeness (QED) is 0.347. The highest BCUT2D eigenvalue weighted by atomic mass is 32.2. The van der Waals surface area contributed by atoms with Crippen LogP contribution in [0.5, 0.6) is 0 Å². The third kappa shape index (κ3) is 5.68. The molecule has 1 saturated carbocycles. The zero-order valence-corrected chi connectivity index (χ0v) is 23.0. The number of anilines is 1. The summed E-state index contributed by atoms with van der Waals surface area (Å²) in [7, 11) is -2.23. The number of rotatable bonds is 11. The van der Waals surface area contributed by atoms with Crippen molar-refractivity contribution in [3.05, 3.63) is 47.0 Å². The first-order valence-electron chi connectivity index (χ1n) is 12.4. The number of amides is 1. The van der Waals surface area contributed by atoms with E-state index in [1.165, 1.54) is 18.2 Å². The van der Waals surface area contributed by atoms with Gasteiger partial charge in [-0.15, -0.1) is 0 Å². The van der Waals surface area contributed by atoms with Gasteiger partial charge in [-0.1, -0.05) is 29.8 Å². The Hall–Kier alpha value is -3.44. The van der Waals surface area contributed by atoms with Crippen LogP contribution < -0.4 is 9.62 Å². The maximum absolute atomic E-state index is 13.0. The minimum atomic E-state index is -3.77. The van der Waals surface area contributed by atoms with Gasteiger partial charge in [0.2, 0.25) is 15.7 Å². The van der Waals surface area contributed by atoms with E-state index < -0.39 is 21.4 Å². The summed E-state index contributed by atoms with van der Waals surface area (Å²) in [6.45, 7) is 4.89. The number of nitrogens with one attached hydrogen (secondary N) is 1. The molecule has 2 N–H and O–H groups in total. The smallest absolute Gasteiger partial charge is 0.311 e. The molecule has 2 aromatic heterocycles. The van der Waals surface area contributed by atoms with Crippen LogP contribution in [0, 0.1) is 12.3 Å². The molecule has 0 unspecified atom stereocenters. The lowest BCUT2D eigenvalue weighted by Crippen LogP contribution is -2.36. The van der Waals surface area contributed by atoms with Crippen LogP contribution in [0.25, 0.3) is 22.4 Å². The number of aliphatic carboxylic acids is 1. The van der Waals surface area contributed by atoms with Crippen molar-refractivity contribution in [3.8, 4) is 11.3 Å². The summed E-state index contributed by atoms with van der Waals surface area (Å²) in [5.41, 5.74) is 1.87. The molecule has 0 bridgehead atoms. The molecule has 38 heavy (non-hydrogen) atoms. The van der Waals surface area contributed by atoms with E-state index in [1.54, 1.807) is 7.05 Å². The number of ether oxygens (including phenoxy) is 1. The van der Waals surface area contributed by atoms with Gasteiger partial charge in [0.15, 0.2) is 0 Å². The number of aromatic nitrogens is 1. The van der Waals surface area contributed by atoms with Crippen molar-refractivity contribution in [2.24, 2.45) is 5.41 Å². The van der Waals surface area contributed by atoms with Crippen molar-refractivity contribution in [3.63, 3.8) is 0 Å². The lowest BCUT2D eigenvalue weighted by atomic mass is 9.95. The highest BCUT2D eigenvalue weighted by Gasteiger charge is 2.34. The molecule has 3 aromatic rings. The second-order valence-corrected chi connectivity index (χ2v) is 12.3. The molecule has 1 fully saturated rings. The van der Waals surface area contributed by atoms with E-state index in [4.69, 9.17) is 9.15 Å². The number of sulfonamides is 1. The molecule has 1 aromatic carbocycles. The van der Waals surface area contributed by atoms with Crippen molar-refractivity contribution in [1.82, 2.24) is 10.3 Å². The Morgan fingerprint density at radius 2 is 1.89 bits per heavy atom. The number of hydrogen-bond donors (Lipinski definition) is 2. The molecular formula is C27H33N3O7S. The number of benzene rings is 1. The van der Waals surface area contributed by atoms with Crippen LogP contribution in [-0.2, 0) is 19.6 Å². The van der Waals surface area contributed by atoms with E-state index in [1.807, 2.05) is 37.3 Å². The molecule has 204 valence electrons. The third-order valence-electron chi connectivity index (χ3n) is 6.59. The average Bonchev–Trinajstić information content (AvgIpc) is 3.63. The minimum Gasteiger partial charge on any atom is -0.481 e. The van der Waals surface area contributed by atoms with E-state index in [0.29, 0.717) is 22.3 Å². The predicted molar refractivity (Wildman–Crippen MR) is 144 cm³/mol. The van der Waals surface area contributed by atoms with Crippen LogP contribution in [0.4, 0.5) is 5.82 Å². The first-order chi connectivity index (χ1) is 17.8. The van der Waals surface area contributed by atoms with Crippen molar-refractivity contribution in [2.75, 3.05) is 37.4 Å². The molecular weight excluding hydrogens is 510 g/mol. The molecule has 0 saturated heterocycles. The first kappa shape index (κ1) is 27.6. The summed E-state index contributed by atoms with van der Waals surface area (Å²) in [4.78, 5) is 29.0. The summed E-state index contributed by atoms with van der Waals surface area (Å²) >= 11 is 0. The van der Waals surface area contributed by atoms with Crippen LogP contribution in [0.1, 0.15) is 54.1 Å². The number of carbonyl (C=O) groups is 2. The molecule has 0 radical (unpaired) electrons. The van der Waals surface area contributed by atoms with Gasteiger partial charge in [-0.3, -0.25) is 13.9 Å². The first-order valence-corrected chi connectivity index (χ1v) is 14.2. The van der Waals surface area contributed by atoms with Gasteiger partial charge in [-0.25, -0.2) is 8.42 Å². The summed E-state index contributed by atoms with van der Waals surface area (Å²) in [6.07, 6.45) is 2.84. The molecule has 10 nitrogen and oxygen atoms in total. The highest BCUT2D eigenvalue weighted by molar-refractivity contribution is 7.92. The van der Waals surface area contributed by atoms with Gasteiger partial charge in [0.1, 0.15) is 11.6 Å². The van der Waals surface area contributed by atoms with Crippen LogP contribution in [0.3, 0.4) is 0 Å². The Morgan fingerprint density at radius 1 is 1.24 bits per heavy atom. The van der Waals surface area contributed by atoms with Crippen molar-refractivity contribution in [2.45, 2.75) is 39.5 Å². The Balaban J connectivity index is 1.79. The van der Waals surface area contributed by atoms with Gasteiger partial charge in [0.25, 0.3) is 5.91 Å². The van der Waals surface area contributed by atoms with Gasteiger partial charge in [0, 0.05) is 12.6 Å². The standard InChI is InChI=1S/C27H33N3O7S/c1-16-6-8-18(9-7-16)22-21(24(31)28-4)20-14-19(17-10-11-17)23(29-25(20)37-22)30(38(5,34)35)12-13-36-15-27(2,3)26(32)33/h6-9,14,17H,10-13,15H2,1-5H3,(H,28,31)(H,32,33). The summed E-state index contributed by atoms with van der Waals surface area (Å²) in [5, 5.41) is 12.5. The van der Waals surface area contributed by atoms with E-state index in [2.05, 4.69) is 10.3 Å². The fourth-order valence-corrected chi connectivity index (χ4v) is 5.01. The number of pyridine rings is 1. The van der Waals surface area contributed by atoms with Crippen LogP contribution in [-0.4, -0.2) is 63.4 Å². The summed E-state index contributed by atoms with van der Waals surface area (Å²) in [6, 6.07) is 9.37. The maximum atomic E-state index is 13.0. The number of hydrogen-bond acceptors (Lipinski definition) is 7. The van der Waals surface area contributed by atoms with Crippen LogP contribution >= 0.6 is 0 Å². The topological polar surface area (TPSA) is 139 Å². The third-order valence-corrected chi connectivity index (χ3v) is 7.75. The molecule has 1 amide bonds. The van der Waals surface area contributed by atoms with E-state index in [0.717, 1.165) is 30.2 Å². The zero-order chi connectivity index (χ0) is 27.8. The van der Waals surface area contributed by atoms with Crippen LogP contribution in [0.15, 0.2) is 34.7 Å². The van der Waals surface area contributed by atoms with Gasteiger partial charge in [-0.2, -0.15) is 4.98 Å². The summed E-state index contributed by atoms with van der Waals surface area (Å²) in [5.74, 6) is -0.639. The number of aryl methyl sites for hydroxylation is 1. The second kappa shape index (κ2) is 10.4. The van der Waals surface area contributed by atoms with Crippen LogP contribution in [0.2, 0.25) is 0 Å². The molecule has 1 aliphatic rings. The SMILES string of the molecule is CNC(=O)c1c(-c2ccc(C)cc2)oc2nc(N(CCOCC(C)(C)C(=O)O)S(C)(=O)=O)c(C3CC3)cc12. The summed E-state index contributed by atoms with van der Waals surface area (Å²) < 4.78 is 38.6. The largest absolute Gasteiger partial charge is 0.481 e. The maximum Gasteiger partial charge on any atom is 0.311 e. The number of carboxylic acids is 1. The zero-order valence-electron chi connectivity index (χ0n) is 22.2. The lowest BCUT2D eigenvalue weighted by Gasteiger charge is -2.25.